The van der Waals surface area contributed by atoms with E-state index in [9.17, 15) is 9.59 Å². The largest absolute Gasteiger partial charge is 0.475 e. The van der Waals surface area contributed by atoms with Crippen LogP contribution in [0.15, 0.2) is 16.5 Å². The van der Waals surface area contributed by atoms with E-state index in [4.69, 9.17) is 21.7 Å². The summed E-state index contributed by atoms with van der Waals surface area (Å²) in [5.74, 6) is -3.31. The fourth-order valence-corrected chi connectivity index (χ4v) is 1.92. The molecule has 6 N–H and O–H groups in total. The van der Waals surface area contributed by atoms with Crippen molar-refractivity contribution in [1.82, 2.24) is 0 Å². The second-order valence-electron chi connectivity index (χ2n) is 5.18. The van der Waals surface area contributed by atoms with Crippen LogP contribution in [0.1, 0.15) is 72.5 Å². The molecule has 1 aromatic rings. The zero-order valence-electron chi connectivity index (χ0n) is 13.5. The molecule has 0 aliphatic carbocycles. The molecule has 0 unspecified atom stereocenters. The van der Waals surface area contributed by atoms with Gasteiger partial charge in [-0.05, 0) is 38.1 Å². The summed E-state index contributed by atoms with van der Waals surface area (Å²) < 4.78 is 4.41. The third-order valence-electron chi connectivity index (χ3n) is 3.19. The van der Waals surface area contributed by atoms with Crippen LogP contribution in [0.3, 0.4) is 0 Å². The minimum absolute atomic E-state index is 0.373. The lowest BCUT2D eigenvalue weighted by molar-refractivity contribution is 0.0631. The van der Waals surface area contributed by atoms with Crippen molar-refractivity contribution in [3.63, 3.8) is 0 Å². The van der Waals surface area contributed by atoms with Gasteiger partial charge >= 0.3 is 11.9 Å². The first kappa shape index (κ1) is 21.1. The molecule has 7 nitrogen and oxygen atoms in total. The highest BCUT2D eigenvalue weighted by atomic mass is 16.4. The van der Waals surface area contributed by atoms with Crippen molar-refractivity contribution in [3.05, 3.63) is 23.7 Å². The number of aromatic carboxylic acids is 2. The number of unbranched alkanes of at least 4 members (excludes halogenated alkanes) is 7. The Kier molecular flexibility index (Phi) is 12.7. The molecule has 1 rings (SSSR count). The number of carboxylic acid groups (broad SMARTS) is 2. The van der Waals surface area contributed by atoms with Gasteiger partial charge in [-0.25, -0.2) is 9.59 Å². The fourth-order valence-electron chi connectivity index (χ4n) is 1.92. The van der Waals surface area contributed by atoms with Crippen LogP contribution in [0, 0.1) is 0 Å². The van der Waals surface area contributed by atoms with Gasteiger partial charge in [0.1, 0.15) is 0 Å². The van der Waals surface area contributed by atoms with Crippen molar-refractivity contribution in [1.29, 1.82) is 0 Å². The van der Waals surface area contributed by atoms with E-state index in [0.717, 1.165) is 25.2 Å². The summed E-state index contributed by atoms with van der Waals surface area (Å²) in [5, 5.41) is 16.6. The Balaban J connectivity index is 0.000000422. The third-order valence-corrected chi connectivity index (χ3v) is 3.19. The van der Waals surface area contributed by atoms with E-state index in [1.807, 2.05) is 0 Å². The maximum Gasteiger partial charge on any atom is 0.371 e. The summed E-state index contributed by atoms with van der Waals surface area (Å²) in [7, 11) is 0. The Morgan fingerprint density at radius 2 is 1.04 bits per heavy atom. The lowest BCUT2D eigenvalue weighted by Crippen LogP contribution is -1.98. The van der Waals surface area contributed by atoms with Crippen molar-refractivity contribution >= 4 is 11.9 Å². The first-order valence-electron chi connectivity index (χ1n) is 7.99. The monoisotopic (exact) mass is 328 g/mol. The van der Waals surface area contributed by atoms with Gasteiger partial charge in [-0.2, -0.15) is 0 Å². The average molecular weight is 328 g/mol. The second-order valence-corrected chi connectivity index (χ2v) is 5.18. The van der Waals surface area contributed by atoms with Crippen LogP contribution in [0.2, 0.25) is 0 Å². The smallest absolute Gasteiger partial charge is 0.371 e. The van der Waals surface area contributed by atoms with Crippen LogP contribution in [0.25, 0.3) is 0 Å². The van der Waals surface area contributed by atoms with Crippen molar-refractivity contribution in [2.75, 3.05) is 13.1 Å². The van der Waals surface area contributed by atoms with E-state index < -0.39 is 11.9 Å². The fraction of sp³-hybridized carbons (Fsp3) is 0.625. The lowest BCUT2D eigenvalue weighted by Gasteiger charge is -2.00. The lowest BCUT2D eigenvalue weighted by atomic mass is 10.1. The van der Waals surface area contributed by atoms with Gasteiger partial charge in [-0.3, -0.25) is 0 Å². The van der Waals surface area contributed by atoms with Crippen molar-refractivity contribution in [3.8, 4) is 0 Å². The Morgan fingerprint density at radius 1 is 0.739 bits per heavy atom. The summed E-state index contributed by atoms with van der Waals surface area (Å²) in [4.78, 5) is 20.3. The molecule has 23 heavy (non-hydrogen) atoms. The quantitative estimate of drug-likeness (QED) is 0.458. The first-order valence-corrected chi connectivity index (χ1v) is 7.99. The van der Waals surface area contributed by atoms with Gasteiger partial charge in [-0.15, -0.1) is 0 Å². The molecule has 132 valence electrons. The van der Waals surface area contributed by atoms with Crippen molar-refractivity contribution in [2.24, 2.45) is 11.5 Å². The number of carbonyl (C=O) groups is 2. The van der Waals surface area contributed by atoms with Gasteiger partial charge in [0.2, 0.25) is 11.5 Å². The first-order chi connectivity index (χ1) is 11.0. The van der Waals surface area contributed by atoms with Crippen molar-refractivity contribution < 1.29 is 24.2 Å². The van der Waals surface area contributed by atoms with Gasteiger partial charge in [0.05, 0.1) is 0 Å². The van der Waals surface area contributed by atoms with Crippen LogP contribution in [0.4, 0.5) is 0 Å². The molecule has 0 saturated carbocycles. The molecule has 0 aliphatic rings. The predicted molar refractivity (Wildman–Crippen MR) is 87.7 cm³/mol. The molecule has 0 saturated heterocycles. The maximum absolute atomic E-state index is 10.2. The van der Waals surface area contributed by atoms with Crippen LogP contribution in [-0.2, 0) is 0 Å². The standard InChI is InChI=1S/C10H24N2.C6H4O5/c11-9-7-5-3-1-2-4-6-8-10-12;7-5(8)3-1-2-4(11-3)6(9)10/h1-12H2;1-2H,(H,7,8)(H,9,10). The van der Waals surface area contributed by atoms with Crippen LogP contribution in [0.5, 0.6) is 0 Å². The average Bonchev–Trinajstić information content (AvgIpc) is 3.01. The summed E-state index contributed by atoms with van der Waals surface area (Å²) in [6.45, 7) is 1.71. The third kappa shape index (κ3) is 11.4. The molecule has 1 heterocycles. The minimum atomic E-state index is -1.28. The Labute approximate surface area is 136 Å². The zero-order chi connectivity index (χ0) is 17.5. The highest BCUT2D eigenvalue weighted by Crippen LogP contribution is 2.08. The zero-order valence-corrected chi connectivity index (χ0v) is 13.5. The highest BCUT2D eigenvalue weighted by molar-refractivity contribution is 5.88. The SMILES string of the molecule is NCCCCCCCCCCN.O=C(O)c1ccc(C(=O)O)o1. The summed E-state index contributed by atoms with van der Waals surface area (Å²) in [6, 6.07) is 2.18. The second kappa shape index (κ2) is 13.8. The van der Waals surface area contributed by atoms with Gasteiger partial charge in [0, 0.05) is 0 Å². The van der Waals surface area contributed by atoms with E-state index in [2.05, 4.69) is 4.42 Å². The Hall–Kier alpha value is -1.86. The molecule has 0 radical (unpaired) electrons. The molecule has 0 amide bonds. The van der Waals surface area contributed by atoms with E-state index in [-0.39, 0.29) is 11.5 Å². The summed E-state index contributed by atoms with van der Waals surface area (Å²) in [6.07, 6.45) is 10.5. The Morgan fingerprint density at radius 3 is 1.26 bits per heavy atom. The number of nitrogens with two attached hydrogens (primary N) is 2. The van der Waals surface area contributed by atoms with Crippen LogP contribution < -0.4 is 11.5 Å². The molecule has 0 atom stereocenters. The van der Waals surface area contributed by atoms with Crippen LogP contribution in [-0.4, -0.2) is 35.2 Å². The molecule has 0 bridgehead atoms. The molecule has 0 spiro atoms. The predicted octanol–water partition coefficient (Wildman–Crippen LogP) is 2.70. The maximum atomic E-state index is 10.2. The number of furan rings is 1. The molecule has 1 aromatic heterocycles. The number of hydrogen-bond acceptors (Lipinski definition) is 5. The summed E-state index contributed by atoms with van der Waals surface area (Å²) in [5.41, 5.74) is 10.8. The van der Waals surface area contributed by atoms with Gasteiger partial charge < -0.3 is 26.1 Å². The van der Waals surface area contributed by atoms with E-state index in [1.54, 1.807) is 0 Å². The van der Waals surface area contributed by atoms with Crippen LogP contribution >= 0.6 is 0 Å². The minimum Gasteiger partial charge on any atom is -0.475 e. The Bertz CT molecular complexity index is 407. The topological polar surface area (TPSA) is 140 Å². The molecule has 0 aliphatic heterocycles. The molecule has 0 aromatic carbocycles. The summed E-state index contributed by atoms with van der Waals surface area (Å²) >= 11 is 0. The van der Waals surface area contributed by atoms with Crippen molar-refractivity contribution in [2.45, 2.75) is 51.4 Å². The molecule has 7 heteroatoms. The highest BCUT2D eigenvalue weighted by Gasteiger charge is 2.12. The van der Waals surface area contributed by atoms with E-state index in [0.29, 0.717) is 0 Å². The number of carboxylic acids is 2. The number of rotatable bonds is 11. The van der Waals surface area contributed by atoms with Gasteiger partial charge in [0.25, 0.3) is 0 Å². The molecular weight excluding hydrogens is 300 g/mol. The molecular formula is C16H28N2O5. The normalized spacial score (nSPS) is 10.0. The van der Waals surface area contributed by atoms with E-state index >= 15 is 0 Å². The number of hydrogen-bond donors (Lipinski definition) is 4. The molecule has 0 fully saturated rings. The van der Waals surface area contributed by atoms with Gasteiger partial charge in [0.15, 0.2) is 0 Å². The van der Waals surface area contributed by atoms with Gasteiger partial charge in [-0.1, -0.05) is 38.5 Å². The van der Waals surface area contributed by atoms with E-state index in [1.165, 1.54) is 51.4 Å².